The van der Waals surface area contributed by atoms with Crippen molar-refractivity contribution >= 4 is 11.7 Å². The van der Waals surface area contributed by atoms with E-state index in [9.17, 15) is 18.0 Å². The zero-order valence-electron chi connectivity index (χ0n) is 9.83. The largest absolute Gasteiger partial charge is 0.573 e. The van der Waals surface area contributed by atoms with Crippen molar-refractivity contribution in [1.82, 2.24) is 5.32 Å². The lowest BCUT2D eigenvalue weighted by atomic mass is 10.3. The monoisotopic (exact) mass is 278 g/mol. The molecule has 1 rings (SSSR count). The Hall–Kier alpha value is -1.96. The van der Waals surface area contributed by atoms with Gasteiger partial charge in [-0.05, 0) is 18.6 Å². The highest BCUT2D eigenvalue weighted by molar-refractivity contribution is 5.89. The Morgan fingerprint density at radius 3 is 2.74 bits per heavy atom. The van der Waals surface area contributed by atoms with Crippen LogP contribution in [0.1, 0.15) is 6.42 Å². The summed E-state index contributed by atoms with van der Waals surface area (Å²) in [6.07, 6.45) is -4.38. The summed E-state index contributed by atoms with van der Waals surface area (Å²) in [5.74, 6) is -0.416. The summed E-state index contributed by atoms with van der Waals surface area (Å²) < 4.78 is 39.7. The molecule has 0 radical (unpaired) electrons. The molecule has 3 N–H and O–H groups in total. The molecule has 0 aliphatic carbocycles. The van der Waals surface area contributed by atoms with E-state index in [2.05, 4.69) is 15.4 Å². The van der Waals surface area contributed by atoms with Crippen molar-refractivity contribution in [3.8, 4) is 5.75 Å². The van der Waals surface area contributed by atoms with Gasteiger partial charge < -0.3 is 20.5 Å². The number of hydrogen-bond donors (Lipinski definition) is 3. The Morgan fingerprint density at radius 2 is 2.11 bits per heavy atom. The number of ether oxygens (including phenoxy) is 1. The Morgan fingerprint density at radius 1 is 1.37 bits per heavy atom. The number of carbonyl (C=O) groups is 1. The third-order valence-electron chi connectivity index (χ3n) is 1.95. The molecule has 106 valence electrons. The number of hydrogen-bond acceptors (Lipinski definition) is 3. The predicted molar refractivity (Wildman–Crippen MR) is 61.8 cm³/mol. The normalized spacial score (nSPS) is 10.9. The van der Waals surface area contributed by atoms with E-state index in [1.807, 2.05) is 0 Å². The first kappa shape index (κ1) is 15.1. The number of amides is 2. The topological polar surface area (TPSA) is 70.6 Å². The van der Waals surface area contributed by atoms with E-state index in [1.165, 1.54) is 12.1 Å². The third-order valence-corrected chi connectivity index (χ3v) is 1.95. The van der Waals surface area contributed by atoms with Crippen LogP contribution in [0.3, 0.4) is 0 Å². The molecule has 0 heterocycles. The number of nitrogens with one attached hydrogen (secondary N) is 2. The highest BCUT2D eigenvalue weighted by Gasteiger charge is 2.31. The SMILES string of the molecule is O=C(NCCCO)Nc1cccc(OC(F)(F)F)c1. The van der Waals surface area contributed by atoms with E-state index in [0.29, 0.717) is 6.42 Å². The minimum Gasteiger partial charge on any atom is -0.406 e. The van der Waals surface area contributed by atoms with E-state index in [0.717, 1.165) is 12.1 Å². The summed E-state index contributed by atoms with van der Waals surface area (Å²) in [7, 11) is 0. The van der Waals surface area contributed by atoms with Crippen molar-refractivity contribution in [2.75, 3.05) is 18.5 Å². The summed E-state index contributed by atoms with van der Waals surface area (Å²) in [6.45, 7) is 0.205. The Kier molecular flexibility index (Phi) is 5.43. The lowest BCUT2D eigenvalue weighted by molar-refractivity contribution is -0.274. The minimum atomic E-state index is -4.78. The minimum absolute atomic E-state index is 0.0603. The maximum absolute atomic E-state index is 12.0. The van der Waals surface area contributed by atoms with Gasteiger partial charge in [-0.1, -0.05) is 6.07 Å². The van der Waals surface area contributed by atoms with Crippen LogP contribution < -0.4 is 15.4 Å². The zero-order chi connectivity index (χ0) is 14.3. The molecule has 0 fully saturated rings. The first-order chi connectivity index (χ1) is 8.90. The second-order valence-electron chi connectivity index (χ2n) is 3.53. The average Bonchev–Trinajstić information content (AvgIpc) is 2.27. The summed E-state index contributed by atoms with van der Waals surface area (Å²) in [5, 5.41) is 13.3. The van der Waals surface area contributed by atoms with Crippen molar-refractivity contribution in [3.63, 3.8) is 0 Å². The van der Waals surface area contributed by atoms with Gasteiger partial charge in [0, 0.05) is 24.9 Å². The Balaban J connectivity index is 2.54. The van der Waals surface area contributed by atoms with Crippen LogP contribution in [-0.2, 0) is 0 Å². The molecule has 0 unspecified atom stereocenters. The van der Waals surface area contributed by atoms with Crippen LogP contribution in [0.25, 0.3) is 0 Å². The Labute approximate surface area is 107 Å². The molecule has 0 spiro atoms. The summed E-state index contributed by atoms with van der Waals surface area (Å²) >= 11 is 0. The van der Waals surface area contributed by atoms with Crippen molar-refractivity contribution in [1.29, 1.82) is 0 Å². The van der Waals surface area contributed by atoms with E-state index in [1.54, 1.807) is 0 Å². The average molecular weight is 278 g/mol. The summed E-state index contributed by atoms with van der Waals surface area (Å²) in [6, 6.07) is 4.36. The first-order valence-electron chi connectivity index (χ1n) is 5.42. The van der Waals surface area contributed by atoms with E-state index < -0.39 is 18.1 Å². The maximum Gasteiger partial charge on any atom is 0.573 e. The maximum atomic E-state index is 12.0. The first-order valence-corrected chi connectivity index (χ1v) is 5.42. The highest BCUT2D eigenvalue weighted by Crippen LogP contribution is 2.24. The number of rotatable bonds is 5. The van der Waals surface area contributed by atoms with Gasteiger partial charge in [0.25, 0.3) is 0 Å². The quantitative estimate of drug-likeness (QED) is 0.722. The predicted octanol–water partition coefficient (Wildman–Crippen LogP) is 2.09. The highest BCUT2D eigenvalue weighted by atomic mass is 19.4. The number of alkyl halides is 3. The molecule has 8 heteroatoms. The van der Waals surface area contributed by atoms with Crippen LogP contribution in [0, 0.1) is 0 Å². The summed E-state index contributed by atoms with van der Waals surface area (Å²) in [5.41, 5.74) is 0.170. The van der Waals surface area contributed by atoms with Crippen molar-refractivity contribution in [3.05, 3.63) is 24.3 Å². The van der Waals surface area contributed by atoms with Gasteiger partial charge in [-0.3, -0.25) is 0 Å². The molecule has 0 bridgehead atoms. The van der Waals surface area contributed by atoms with Gasteiger partial charge in [-0.25, -0.2) is 4.79 Å². The molecule has 2 amide bonds. The standard InChI is InChI=1S/C11H13F3N2O3/c12-11(13,14)19-9-4-1-3-8(7-9)16-10(18)15-5-2-6-17/h1,3-4,7,17H,2,5-6H2,(H2,15,16,18). The Bertz CT molecular complexity index is 424. The van der Waals surface area contributed by atoms with Gasteiger partial charge >= 0.3 is 12.4 Å². The molecule has 1 aromatic rings. The van der Waals surface area contributed by atoms with Gasteiger partial charge in [-0.2, -0.15) is 0 Å². The fourth-order valence-electron chi connectivity index (χ4n) is 1.23. The number of halogens is 3. The third kappa shape index (κ3) is 6.51. The van der Waals surface area contributed by atoms with E-state index >= 15 is 0 Å². The molecule has 0 saturated carbocycles. The molecule has 0 aromatic heterocycles. The molecule has 1 aromatic carbocycles. The molecule has 19 heavy (non-hydrogen) atoms. The number of carbonyl (C=O) groups excluding carboxylic acids is 1. The van der Waals surface area contributed by atoms with Crippen LogP contribution in [-0.4, -0.2) is 30.7 Å². The number of anilines is 1. The lowest BCUT2D eigenvalue weighted by Gasteiger charge is -2.11. The van der Waals surface area contributed by atoms with Gasteiger partial charge in [0.1, 0.15) is 5.75 Å². The van der Waals surface area contributed by atoms with Crippen LogP contribution in [0.5, 0.6) is 5.75 Å². The number of aliphatic hydroxyl groups is 1. The van der Waals surface area contributed by atoms with Crippen molar-refractivity contribution < 1.29 is 27.8 Å². The van der Waals surface area contributed by atoms with Crippen LogP contribution in [0.4, 0.5) is 23.7 Å². The molecular formula is C11H13F3N2O3. The molecular weight excluding hydrogens is 265 g/mol. The number of aliphatic hydroxyl groups excluding tert-OH is 1. The van der Waals surface area contributed by atoms with Crippen molar-refractivity contribution in [2.45, 2.75) is 12.8 Å². The second kappa shape index (κ2) is 6.83. The van der Waals surface area contributed by atoms with Gasteiger partial charge in [-0.15, -0.1) is 13.2 Å². The summed E-state index contributed by atoms with van der Waals surface area (Å²) in [4.78, 5) is 11.3. The van der Waals surface area contributed by atoms with Crippen molar-refractivity contribution in [2.24, 2.45) is 0 Å². The van der Waals surface area contributed by atoms with Crippen LogP contribution >= 0.6 is 0 Å². The lowest BCUT2D eigenvalue weighted by Crippen LogP contribution is -2.29. The number of urea groups is 1. The van der Waals surface area contributed by atoms with E-state index in [4.69, 9.17) is 5.11 Å². The van der Waals surface area contributed by atoms with Gasteiger partial charge in [0.05, 0.1) is 0 Å². The number of benzene rings is 1. The van der Waals surface area contributed by atoms with Gasteiger partial charge in [0.2, 0.25) is 0 Å². The zero-order valence-corrected chi connectivity index (χ0v) is 9.83. The molecule has 0 aliphatic rings. The van der Waals surface area contributed by atoms with Crippen LogP contribution in [0.15, 0.2) is 24.3 Å². The molecule has 0 saturated heterocycles. The van der Waals surface area contributed by atoms with E-state index in [-0.39, 0.29) is 18.8 Å². The fraction of sp³-hybridized carbons (Fsp3) is 0.364. The smallest absolute Gasteiger partial charge is 0.406 e. The second-order valence-corrected chi connectivity index (χ2v) is 3.53. The molecule has 0 atom stereocenters. The van der Waals surface area contributed by atoms with Gasteiger partial charge in [0.15, 0.2) is 0 Å². The van der Waals surface area contributed by atoms with Crippen LogP contribution in [0.2, 0.25) is 0 Å². The molecule has 5 nitrogen and oxygen atoms in total. The molecule has 0 aliphatic heterocycles. The fourth-order valence-corrected chi connectivity index (χ4v) is 1.23.